The van der Waals surface area contributed by atoms with Gasteiger partial charge in [-0.25, -0.2) is 4.98 Å². The lowest BCUT2D eigenvalue weighted by molar-refractivity contribution is 0.814. The second-order valence-electron chi connectivity index (χ2n) is 4.13. The highest BCUT2D eigenvalue weighted by Crippen LogP contribution is 2.27. The second-order valence-corrected chi connectivity index (χ2v) is 4.98. The molecule has 0 aliphatic carbocycles. The number of pyridine rings is 1. The highest BCUT2D eigenvalue weighted by Gasteiger charge is 2.16. The minimum absolute atomic E-state index is 0.244. The maximum Gasteiger partial charge on any atom is 0.156 e. The summed E-state index contributed by atoms with van der Waals surface area (Å²) in [7, 11) is 0. The Kier molecular flexibility index (Phi) is 3.28. The number of halogens is 2. The molecule has 5 heteroatoms. The van der Waals surface area contributed by atoms with Crippen LogP contribution in [0.4, 0.5) is 0 Å². The zero-order valence-electron chi connectivity index (χ0n) is 9.54. The van der Waals surface area contributed by atoms with Gasteiger partial charge in [-0.2, -0.15) is 5.26 Å². The van der Waals surface area contributed by atoms with Crippen LogP contribution in [0.3, 0.4) is 0 Å². The Morgan fingerprint density at radius 3 is 2.76 bits per heavy atom. The molecule has 0 bridgehead atoms. The number of nitriles is 1. The fourth-order valence-corrected chi connectivity index (χ4v) is 2.36. The Balaban J connectivity index is 2.81. The summed E-state index contributed by atoms with van der Waals surface area (Å²) >= 11 is 12.1. The van der Waals surface area contributed by atoms with Crippen molar-refractivity contribution in [2.45, 2.75) is 26.2 Å². The smallest absolute Gasteiger partial charge is 0.156 e. The van der Waals surface area contributed by atoms with E-state index in [1.54, 1.807) is 12.3 Å². The molecule has 2 heterocycles. The SMILES string of the molecule is CC(C)c1nc2c(Cl)cc(Cl)cn2c1CC#N. The van der Waals surface area contributed by atoms with E-state index in [2.05, 4.69) is 11.1 Å². The predicted octanol–water partition coefficient (Wildman–Crippen LogP) is 3.83. The summed E-state index contributed by atoms with van der Waals surface area (Å²) in [5, 5.41) is 9.93. The first-order valence-electron chi connectivity index (χ1n) is 5.27. The van der Waals surface area contributed by atoms with Crippen molar-refractivity contribution in [1.29, 1.82) is 5.26 Å². The van der Waals surface area contributed by atoms with Crippen LogP contribution in [0.2, 0.25) is 10.0 Å². The Bertz CT molecular complexity index is 608. The topological polar surface area (TPSA) is 41.1 Å². The van der Waals surface area contributed by atoms with Crippen LogP contribution in [-0.2, 0) is 6.42 Å². The molecule has 0 saturated carbocycles. The van der Waals surface area contributed by atoms with Gasteiger partial charge in [0.2, 0.25) is 0 Å². The lowest BCUT2D eigenvalue weighted by atomic mass is 10.1. The summed E-state index contributed by atoms with van der Waals surface area (Å²) in [6, 6.07) is 3.81. The molecule has 0 fully saturated rings. The number of hydrogen-bond acceptors (Lipinski definition) is 2. The molecule has 0 saturated heterocycles. The van der Waals surface area contributed by atoms with E-state index < -0.39 is 0 Å². The molecular formula is C12H11Cl2N3. The fraction of sp³-hybridized carbons (Fsp3) is 0.333. The van der Waals surface area contributed by atoms with E-state index in [1.807, 2.05) is 18.2 Å². The molecule has 0 atom stereocenters. The highest BCUT2D eigenvalue weighted by molar-refractivity contribution is 6.36. The molecule has 0 aliphatic rings. The Labute approximate surface area is 110 Å². The largest absolute Gasteiger partial charge is 0.300 e. The molecule has 3 nitrogen and oxygen atoms in total. The van der Waals surface area contributed by atoms with Crippen molar-refractivity contribution in [3.63, 3.8) is 0 Å². The summed E-state index contributed by atoms with van der Waals surface area (Å²) in [5.74, 6) is 0.244. The van der Waals surface area contributed by atoms with Crippen molar-refractivity contribution in [1.82, 2.24) is 9.38 Å². The number of rotatable bonds is 2. The molecule has 0 radical (unpaired) electrons. The van der Waals surface area contributed by atoms with Gasteiger partial charge < -0.3 is 0 Å². The number of aromatic nitrogens is 2. The standard InChI is InChI=1S/C12H11Cl2N3/c1-7(2)11-10(3-4-15)17-6-8(13)5-9(14)12(17)16-11/h5-7H,3H2,1-2H3. The van der Waals surface area contributed by atoms with E-state index in [4.69, 9.17) is 28.5 Å². The zero-order valence-corrected chi connectivity index (χ0v) is 11.0. The van der Waals surface area contributed by atoms with E-state index in [-0.39, 0.29) is 5.92 Å². The van der Waals surface area contributed by atoms with E-state index in [9.17, 15) is 0 Å². The monoisotopic (exact) mass is 267 g/mol. The van der Waals surface area contributed by atoms with Crippen LogP contribution in [0.25, 0.3) is 5.65 Å². The maximum atomic E-state index is 8.89. The molecule has 0 spiro atoms. The summed E-state index contributed by atoms with van der Waals surface area (Å²) in [4.78, 5) is 4.49. The first-order valence-corrected chi connectivity index (χ1v) is 6.03. The highest BCUT2D eigenvalue weighted by atomic mass is 35.5. The van der Waals surface area contributed by atoms with Crippen LogP contribution >= 0.6 is 23.2 Å². The van der Waals surface area contributed by atoms with E-state index in [1.165, 1.54) is 0 Å². The minimum atomic E-state index is 0.244. The van der Waals surface area contributed by atoms with Crippen molar-refractivity contribution in [3.8, 4) is 6.07 Å². The molecule has 2 rings (SSSR count). The molecule has 0 N–H and O–H groups in total. The molecule has 2 aromatic heterocycles. The van der Waals surface area contributed by atoms with Crippen LogP contribution < -0.4 is 0 Å². The van der Waals surface area contributed by atoms with Crippen molar-refractivity contribution in [3.05, 3.63) is 33.7 Å². The van der Waals surface area contributed by atoms with E-state index >= 15 is 0 Å². The first kappa shape index (κ1) is 12.2. The molecule has 0 unspecified atom stereocenters. The van der Waals surface area contributed by atoms with Gasteiger partial charge in [-0.15, -0.1) is 0 Å². The first-order chi connectivity index (χ1) is 8.04. The number of nitrogens with zero attached hydrogens (tertiary/aromatic N) is 3. The molecular weight excluding hydrogens is 257 g/mol. The maximum absolute atomic E-state index is 8.89. The van der Waals surface area contributed by atoms with Crippen LogP contribution in [0.1, 0.15) is 31.2 Å². The Morgan fingerprint density at radius 1 is 1.47 bits per heavy atom. The molecule has 0 aromatic carbocycles. The van der Waals surface area contributed by atoms with Gasteiger partial charge in [0.05, 0.1) is 33.9 Å². The van der Waals surface area contributed by atoms with Gasteiger partial charge in [-0.05, 0) is 12.0 Å². The van der Waals surface area contributed by atoms with Crippen molar-refractivity contribution in [2.24, 2.45) is 0 Å². The van der Waals surface area contributed by atoms with Crippen molar-refractivity contribution < 1.29 is 0 Å². The van der Waals surface area contributed by atoms with Gasteiger partial charge in [-0.1, -0.05) is 37.0 Å². The third-order valence-corrected chi connectivity index (χ3v) is 3.05. The van der Waals surface area contributed by atoms with Crippen LogP contribution in [0.15, 0.2) is 12.3 Å². The van der Waals surface area contributed by atoms with E-state index in [0.29, 0.717) is 22.1 Å². The number of imidazole rings is 1. The number of fused-ring (bicyclic) bond motifs is 1. The van der Waals surface area contributed by atoms with E-state index in [0.717, 1.165) is 11.4 Å². The van der Waals surface area contributed by atoms with Gasteiger partial charge >= 0.3 is 0 Å². The van der Waals surface area contributed by atoms with Gasteiger partial charge in [0, 0.05) is 6.20 Å². The molecule has 0 aliphatic heterocycles. The molecule has 2 aromatic rings. The Morgan fingerprint density at radius 2 is 2.18 bits per heavy atom. The Hall–Kier alpha value is -1.24. The van der Waals surface area contributed by atoms with Crippen molar-refractivity contribution >= 4 is 28.8 Å². The van der Waals surface area contributed by atoms with Crippen LogP contribution in [0, 0.1) is 11.3 Å². The average Bonchev–Trinajstić information content (AvgIpc) is 2.58. The van der Waals surface area contributed by atoms with Crippen molar-refractivity contribution in [2.75, 3.05) is 0 Å². The third kappa shape index (κ3) is 2.11. The molecule has 0 amide bonds. The normalized spacial score (nSPS) is 11.1. The van der Waals surface area contributed by atoms with Gasteiger partial charge in [0.1, 0.15) is 0 Å². The molecule has 88 valence electrons. The fourth-order valence-electron chi connectivity index (χ4n) is 1.85. The zero-order chi connectivity index (χ0) is 12.6. The summed E-state index contributed by atoms with van der Waals surface area (Å²) < 4.78 is 1.81. The van der Waals surface area contributed by atoms with Crippen LogP contribution in [-0.4, -0.2) is 9.38 Å². The van der Waals surface area contributed by atoms with Gasteiger partial charge in [-0.3, -0.25) is 4.40 Å². The minimum Gasteiger partial charge on any atom is -0.300 e. The summed E-state index contributed by atoms with van der Waals surface area (Å²) in [6.45, 7) is 4.08. The molecule has 17 heavy (non-hydrogen) atoms. The predicted molar refractivity (Wildman–Crippen MR) is 68.6 cm³/mol. The van der Waals surface area contributed by atoms with Gasteiger partial charge in [0.25, 0.3) is 0 Å². The lowest BCUT2D eigenvalue weighted by Gasteiger charge is -2.03. The lowest BCUT2D eigenvalue weighted by Crippen LogP contribution is -1.97. The summed E-state index contributed by atoms with van der Waals surface area (Å²) in [6.07, 6.45) is 2.04. The van der Waals surface area contributed by atoms with Gasteiger partial charge in [0.15, 0.2) is 5.65 Å². The second kappa shape index (κ2) is 4.56. The van der Waals surface area contributed by atoms with Crippen LogP contribution in [0.5, 0.6) is 0 Å². The average molecular weight is 268 g/mol. The quantitative estimate of drug-likeness (QED) is 0.830. The third-order valence-electron chi connectivity index (χ3n) is 2.57. The summed E-state index contributed by atoms with van der Waals surface area (Å²) in [5.41, 5.74) is 2.42. The number of hydrogen-bond donors (Lipinski definition) is 0.